The standard InChI is InChI=1S/C12H19N/c1-9(2)11-5-6-12(10(3)4)8-13-7-11/h5-11H,1-4H3. The quantitative estimate of drug-likeness (QED) is 0.612. The van der Waals surface area contributed by atoms with Gasteiger partial charge in [-0.2, -0.15) is 0 Å². The van der Waals surface area contributed by atoms with E-state index in [1.54, 1.807) is 0 Å². The topological polar surface area (TPSA) is 12.4 Å². The predicted molar refractivity (Wildman–Crippen MR) is 58.9 cm³/mol. The van der Waals surface area contributed by atoms with Crippen LogP contribution in [0, 0.1) is 17.8 Å². The van der Waals surface area contributed by atoms with Crippen molar-refractivity contribution in [2.75, 3.05) is 0 Å². The van der Waals surface area contributed by atoms with Gasteiger partial charge in [-0.05, 0) is 17.4 Å². The van der Waals surface area contributed by atoms with Crippen LogP contribution in [0.4, 0.5) is 0 Å². The van der Waals surface area contributed by atoms with Crippen LogP contribution in [-0.2, 0) is 0 Å². The first-order valence-corrected chi connectivity index (χ1v) is 5.03. The Bertz CT molecular complexity index is 244. The molecule has 1 aliphatic heterocycles. The Balaban J connectivity index is 2.75. The van der Waals surface area contributed by atoms with Crippen molar-refractivity contribution in [2.24, 2.45) is 22.7 Å². The van der Waals surface area contributed by atoms with Crippen LogP contribution in [0.25, 0.3) is 0 Å². The van der Waals surface area contributed by atoms with E-state index in [0.717, 1.165) is 0 Å². The summed E-state index contributed by atoms with van der Waals surface area (Å²) < 4.78 is 0. The van der Waals surface area contributed by atoms with E-state index < -0.39 is 0 Å². The molecule has 1 aliphatic rings. The van der Waals surface area contributed by atoms with Crippen LogP contribution >= 0.6 is 0 Å². The number of rotatable bonds is 2. The van der Waals surface area contributed by atoms with E-state index in [9.17, 15) is 0 Å². The minimum absolute atomic E-state index is 0.493. The van der Waals surface area contributed by atoms with Crippen molar-refractivity contribution in [2.45, 2.75) is 27.7 Å². The average Bonchev–Trinajstić information content (AvgIpc) is 2.27. The van der Waals surface area contributed by atoms with Gasteiger partial charge in [0.05, 0.1) is 0 Å². The SMILES string of the molecule is CC(C)C1=CN=CC(C(C)C)C=C1. The van der Waals surface area contributed by atoms with Crippen LogP contribution < -0.4 is 0 Å². The monoisotopic (exact) mass is 177 g/mol. The van der Waals surface area contributed by atoms with E-state index in [-0.39, 0.29) is 0 Å². The minimum Gasteiger partial charge on any atom is -0.268 e. The van der Waals surface area contributed by atoms with Crippen molar-refractivity contribution < 1.29 is 0 Å². The number of allylic oxidation sites excluding steroid dienone is 3. The Morgan fingerprint density at radius 2 is 1.92 bits per heavy atom. The van der Waals surface area contributed by atoms with Crippen LogP contribution in [0.3, 0.4) is 0 Å². The molecule has 0 saturated carbocycles. The molecule has 0 spiro atoms. The molecule has 0 aromatic rings. The highest BCUT2D eigenvalue weighted by molar-refractivity contribution is 5.65. The van der Waals surface area contributed by atoms with Crippen molar-refractivity contribution in [3.63, 3.8) is 0 Å². The van der Waals surface area contributed by atoms with Gasteiger partial charge in [-0.3, -0.25) is 4.99 Å². The summed E-state index contributed by atoms with van der Waals surface area (Å²) in [4.78, 5) is 4.33. The highest BCUT2D eigenvalue weighted by atomic mass is 14.7. The molecular formula is C12H19N. The van der Waals surface area contributed by atoms with Crippen molar-refractivity contribution in [3.8, 4) is 0 Å². The van der Waals surface area contributed by atoms with Crippen molar-refractivity contribution in [1.82, 2.24) is 0 Å². The summed E-state index contributed by atoms with van der Waals surface area (Å²) in [7, 11) is 0. The van der Waals surface area contributed by atoms with Crippen molar-refractivity contribution in [1.29, 1.82) is 0 Å². The number of hydrogen-bond acceptors (Lipinski definition) is 1. The summed E-state index contributed by atoms with van der Waals surface area (Å²) in [6.07, 6.45) is 8.48. The smallest absolute Gasteiger partial charge is 0.0298 e. The Labute approximate surface area is 81.3 Å². The largest absolute Gasteiger partial charge is 0.268 e. The van der Waals surface area contributed by atoms with Crippen LogP contribution in [0.1, 0.15) is 27.7 Å². The van der Waals surface area contributed by atoms with E-state index in [0.29, 0.717) is 17.8 Å². The van der Waals surface area contributed by atoms with Crippen LogP contribution in [-0.4, -0.2) is 6.21 Å². The minimum atomic E-state index is 0.493. The Hall–Kier alpha value is -0.850. The molecule has 72 valence electrons. The third kappa shape index (κ3) is 2.83. The Morgan fingerprint density at radius 1 is 1.23 bits per heavy atom. The lowest BCUT2D eigenvalue weighted by atomic mass is 9.95. The van der Waals surface area contributed by atoms with Gasteiger partial charge in [-0.25, -0.2) is 0 Å². The van der Waals surface area contributed by atoms with Crippen molar-refractivity contribution in [3.05, 3.63) is 23.9 Å². The molecule has 0 aromatic carbocycles. The van der Waals surface area contributed by atoms with Gasteiger partial charge in [0.2, 0.25) is 0 Å². The third-order valence-electron chi connectivity index (χ3n) is 2.43. The molecule has 1 atom stereocenters. The first-order chi connectivity index (χ1) is 6.11. The maximum atomic E-state index is 4.33. The Kier molecular flexibility index (Phi) is 3.47. The third-order valence-corrected chi connectivity index (χ3v) is 2.43. The van der Waals surface area contributed by atoms with Gasteiger partial charge in [-0.1, -0.05) is 39.8 Å². The maximum absolute atomic E-state index is 4.33. The second-order valence-electron chi connectivity index (χ2n) is 4.26. The van der Waals surface area contributed by atoms with E-state index in [4.69, 9.17) is 0 Å². The van der Waals surface area contributed by atoms with Gasteiger partial charge >= 0.3 is 0 Å². The molecule has 0 saturated heterocycles. The zero-order valence-corrected chi connectivity index (χ0v) is 8.99. The number of nitrogens with zero attached hydrogens (tertiary/aromatic N) is 1. The molecule has 0 N–H and O–H groups in total. The molecule has 0 bridgehead atoms. The van der Waals surface area contributed by atoms with Gasteiger partial charge in [0.1, 0.15) is 0 Å². The van der Waals surface area contributed by atoms with Crippen LogP contribution in [0.5, 0.6) is 0 Å². The van der Waals surface area contributed by atoms with E-state index >= 15 is 0 Å². The highest BCUT2D eigenvalue weighted by Crippen LogP contribution is 2.18. The van der Waals surface area contributed by atoms with E-state index in [2.05, 4.69) is 44.8 Å². The zero-order valence-electron chi connectivity index (χ0n) is 8.99. The lowest BCUT2D eigenvalue weighted by Crippen LogP contribution is -2.05. The van der Waals surface area contributed by atoms with E-state index in [1.807, 2.05) is 12.4 Å². The lowest BCUT2D eigenvalue weighted by molar-refractivity contribution is 0.585. The molecule has 0 fully saturated rings. The molecule has 0 radical (unpaired) electrons. The van der Waals surface area contributed by atoms with Gasteiger partial charge in [-0.15, -0.1) is 0 Å². The first kappa shape index (κ1) is 10.2. The molecule has 0 amide bonds. The molecule has 0 aromatic heterocycles. The lowest BCUT2D eigenvalue weighted by Gasteiger charge is -2.09. The summed E-state index contributed by atoms with van der Waals surface area (Å²) in [6.45, 7) is 8.84. The van der Waals surface area contributed by atoms with E-state index in [1.165, 1.54) is 5.57 Å². The molecular weight excluding hydrogens is 158 g/mol. The van der Waals surface area contributed by atoms with Gasteiger partial charge in [0.15, 0.2) is 0 Å². The maximum Gasteiger partial charge on any atom is 0.0298 e. The highest BCUT2D eigenvalue weighted by Gasteiger charge is 2.09. The zero-order chi connectivity index (χ0) is 9.84. The summed E-state index contributed by atoms with van der Waals surface area (Å²) >= 11 is 0. The summed E-state index contributed by atoms with van der Waals surface area (Å²) in [5.74, 6) is 1.70. The molecule has 1 heteroatoms. The first-order valence-electron chi connectivity index (χ1n) is 5.03. The van der Waals surface area contributed by atoms with Gasteiger partial charge in [0.25, 0.3) is 0 Å². The average molecular weight is 177 g/mol. The molecule has 1 rings (SSSR count). The Morgan fingerprint density at radius 3 is 2.46 bits per heavy atom. The van der Waals surface area contributed by atoms with Gasteiger partial charge in [0, 0.05) is 18.3 Å². The van der Waals surface area contributed by atoms with Gasteiger partial charge < -0.3 is 0 Å². The fourth-order valence-electron chi connectivity index (χ4n) is 1.28. The second-order valence-corrected chi connectivity index (χ2v) is 4.26. The summed E-state index contributed by atoms with van der Waals surface area (Å²) in [5, 5.41) is 0. The summed E-state index contributed by atoms with van der Waals surface area (Å²) in [5.41, 5.74) is 1.32. The number of aliphatic imine (C=N–C) groups is 1. The molecule has 1 unspecified atom stereocenters. The molecule has 1 nitrogen and oxygen atoms in total. The molecule has 0 aliphatic carbocycles. The molecule has 1 heterocycles. The van der Waals surface area contributed by atoms with Crippen LogP contribution in [0.2, 0.25) is 0 Å². The summed E-state index contributed by atoms with van der Waals surface area (Å²) in [6, 6.07) is 0. The normalized spacial score (nSPS) is 22.3. The fourth-order valence-corrected chi connectivity index (χ4v) is 1.28. The number of hydrogen-bond donors (Lipinski definition) is 0. The molecule has 13 heavy (non-hydrogen) atoms. The fraction of sp³-hybridized carbons (Fsp3) is 0.583. The van der Waals surface area contributed by atoms with Crippen LogP contribution in [0.15, 0.2) is 28.9 Å². The second kappa shape index (κ2) is 4.40. The predicted octanol–water partition coefficient (Wildman–Crippen LogP) is 3.44. The van der Waals surface area contributed by atoms with Crippen molar-refractivity contribution >= 4 is 6.21 Å².